The molecule has 1 aromatic carbocycles. The maximum Gasteiger partial charge on any atom is 0.405 e. The van der Waals surface area contributed by atoms with E-state index in [9.17, 15) is 14.9 Å². The highest BCUT2D eigenvalue weighted by Gasteiger charge is 2.40. The SMILES string of the molecule is O=C(O)NC1(c2ccc(-c3ncc([N+](=O)[O-])cc3-c3ccsc3)cc2)CCC1. The number of pyridine rings is 1. The molecule has 1 aliphatic carbocycles. The summed E-state index contributed by atoms with van der Waals surface area (Å²) < 4.78 is 0. The first-order valence-electron chi connectivity index (χ1n) is 8.77. The lowest BCUT2D eigenvalue weighted by Crippen LogP contribution is -2.50. The quantitative estimate of drug-likeness (QED) is 0.465. The molecule has 1 aliphatic rings. The molecule has 1 saturated carbocycles. The third-order valence-electron chi connectivity index (χ3n) is 5.18. The minimum Gasteiger partial charge on any atom is -0.465 e. The predicted octanol–water partition coefficient (Wildman–Crippen LogP) is 5.03. The molecule has 0 radical (unpaired) electrons. The maximum absolute atomic E-state index is 11.2. The molecule has 0 bridgehead atoms. The molecule has 7 nitrogen and oxygen atoms in total. The number of carboxylic acid groups (broad SMARTS) is 1. The Hall–Kier alpha value is -3.26. The lowest BCUT2D eigenvalue weighted by molar-refractivity contribution is -0.385. The van der Waals surface area contributed by atoms with Crippen LogP contribution in [0.1, 0.15) is 24.8 Å². The number of thiophene rings is 1. The summed E-state index contributed by atoms with van der Waals surface area (Å²) in [6, 6.07) is 11.0. The summed E-state index contributed by atoms with van der Waals surface area (Å²) in [5, 5.41) is 26.8. The van der Waals surface area contributed by atoms with Crippen molar-refractivity contribution in [3.63, 3.8) is 0 Å². The Bertz CT molecular complexity index is 1030. The zero-order chi connectivity index (χ0) is 19.7. The van der Waals surface area contributed by atoms with Gasteiger partial charge in [0, 0.05) is 17.2 Å². The standard InChI is InChI=1S/C20H17N3O4S/c24-19(25)22-20(7-1-8-20)15-4-2-13(3-5-15)18-17(14-6-9-28-12-14)10-16(11-21-18)23(26)27/h2-6,9-12,22H,1,7-8H2,(H,24,25). The molecule has 0 unspecified atom stereocenters. The fourth-order valence-corrected chi connectivity index (χ4v) is 4.25. The third-order valence-corrected chi connectivity index (χ3v) is 5.86. The van der Waals surface area contributed by atoms with Crippen molar-refractivity contribution in [1.29, 1.82) is 0 Å². The van der Waals surface area contributed by atoms with Gasteiger partial charge in [-0.1, -0.05) is 24.3 Å². The third kappa shape index (κ3) is 3.22. The lowest BCUT2D eigenvalue weighted by atomic mass is 9.71. The number of nitrogens with one attached hydrogen (secondary N) is 1. The average Bonchev–Trinajstić information content (AvgIpc) is 3.19. The van der Waals surface area contributed by atoms with E-state index >= 15 is 0 Å². The van der Waals surface area contributed by atoms with E-state index in [1.54, 1.807) is 0 Å². The number of nitrogens with zero attached hydrogens (tertiary/aromatic N) is 2. The smallest absolute Gasteiger partial charge is 0.405 e. The van der Waals surface area contributed by atoms with E-state index < -0.39 is 16.6 Å². The van der Waals surface area contributed by atoms with Gasteiger partial charge in [0.15, 0.2) is 0 Å². The molecule has 2 heterocycles. The molecular weight excluding hydrogens is 378 g/mol. The van der Waals surface area contributed by atoms with Gasteiger partial charge in [-0.2, -0.15) is 11.3 Å². The molecule has 142 valence electrons. The van der Waals surface area contributed by atoms with E-state index in [2.05, 4.69) is 10.3 Å². The average molecular weight is 395 g/mol. The highest BCUT2D eigenvalue weighted by atomic mass is 32.1. The van der Waals surface area contributed by atoms with Crippen LogP contribution in [-0.2, 0) is 5.54 Å². The van der Waals surface area contributed by atoms with Crippen LogP contribution in [0.15, 0.2) is 53.4 Å². The molecule has 1 amide bonds. The second-order valence-electron chi connectivity index (χ2n) is 6.80. The summed E-state index contributed by atoms with van der Waals surface area (Å²) in [7, 11) is 0. The van der Waals surface area contributed by atoms with Crippen molar-refractivity contribution in [3.05, 3.63) is 69.0 Å². The van der Waals surface area contributed by atoms with Crippen LogP contribution < -0.4 is 5.32 Å². The van der Waals surface area contributed by atoms with Crippen LogP contribution in [0.25, 0.3) is 22.4 Å². The Morgan fingerprint density at radius 3 is 2.50 bits per heavy atom. The molecular formula is C20H17N3O4S. The van der Waals surface area contributed by atoms with Crippen LogP contribution in [0, 0.1) is 10.1 Å². The van der Waals surface area contributed by atoms with Crippen molar-refractivity contribution in [1.82, 2.24) is 10.3 Å². The van der Waals surface area contributed by atoms with Gasteiger partial charge in [-0.15, -0.1) is 0 Å². The zero-order valence-electron chi connectivity index (χ0n) is 14.8. The number of rotatable bonds is 5. The summed E-state index contributed by atoms with van der Waals surface area (Å²) in [4.78, 5) is 26.2. The summed E-state index contributed by atoms with van der Waals surface area (Å²) in [6.45, 7) is 0. The minimum atomic E-state index is -1.03. The first kappa shape index (κ1) is 18.1. The fourth-order valence-electron chi connectivity index (χ4n) is 3.59. The second-order valence-corrected chi connectivity index (χ2v) is 7.58. The summed E-state index contributed by atoms with van der Waals surface area (Å²) >= 11 is 1.51. The van der Waals surface area contributed by atoms with Gasteiger partial charge in [0.2, 0.25) is 0 Å². The van der Waals surface area contributed by atoms with Crippen LogP contribution in [-0.4, -0.2) is 21.1 Å². The topological polar surface area (TPSA) is 105 Å². The van der Waals surface area contributed by atoms with Crippen molar-refractivity contribution < 1.29 is 14.8 Å². The van der Waals surface area contributed by atoms with Gasteiger partial charge in [0.25, 0.3) is 5.69 Å². The molecule has 8 heteroatoms. The van der Waals surface area contributed by atoms with Crippen LogP contribution in [0.2, 0.25) is 0 Å². The largest absolute Gasteiger partial charge is 0.465 e. The first-order valence-corrected chi connectivity index (χ1v) is 9.72. The number of aromatic nitrogens is 1. The molecule has 4 rings (SSSR count). The molecule has 0 saturated heterocycles. The molecule has 0 aliphatic heterocycles. The minimum absolute atomic E-state index is 0.0550. The lowest BCUT2D eigenvalue weighted by Gasteiger charge is -2.42. The highest BCUT2D eigenvalue weighted by molar-refractivity contribution is 7.08. The van der Waals surface area contributed by atoms with Gasteiger partial charge in [-0.3, -0.25) is 10.1 Å². The maximum atomic E-state index is 11.2. The van der Waals surface area contributed by atoms with Gasteiger partial charge in [-0.05, 0) is 47.2 Å². The molecule has 1 fully saturated rings. The number of nitro groups is 1. The number of benzene rings is 1. The van der Waals surface area contributed by atoms with E-state index in [-0.39, 0.29) is 5.69 Å². The van der Waals surface area contributed by atoms with E-state index in [4.69, 9.17) is 5.11 Å². The van der Waals surface area contributed by atoms with Crippen molar-refractivity contribution in [2.75, 3.05) is 0 Å². The van der Waals surface area contributed by atoms with Crippen molar-refractivity contribution in [3.8, 4) is 22.4 Å². The second kappa shape index (κ2) is 7.05. The Kier molecular flexibility index (Phi) is 4.56. The summed E-state index contributed by atoms with van der Waals surface area (Å²) in [5.41, 5.74) is 3.40. The zero-order valence-corrected chi connectivity index (χ0v) is 15.6. The van der Waals surface area contributed by atoms with E-state index in [1.807, 2.05) is 41.1 Å². The highest BCUT2D eigenvalue weighted by Crippen LogP contribution is 2.42. The number of carbonyl (C=O) groups is 1. The van der Waals surface area contributed by atoms with E-state index in [1.165, 1.54) is 23.6 Å². The molecule has 2 N–H and O–H groups in total. The number of hydrogen-bond acceptors (Lipinski definition) is 5. The number of hydrogen-bond donors (Lipinski definition) is 2. The van der Waals surface area contributed by atoms with Crippen LogP contribution in [0.3, 0.4) is 0 Å². The fraction of sp³-hybridized carbons (Fsp3) is 0.200. The Morgan fingerprint density at radius 2 is 1.96 bits per heavy atom. The van der Waals surface area contributed by atoms with Crippen LogP contribution in [0.5, 0.6) is 0 Å². The van der Waals surface area contributed by atoms with Gasteiger partial charge in [-0.25, -0.2) is 9.78 Å². The molecule has 0 atom stereocenters. The van der Waals surface area contributed by atoms with Crippen molar-refractivity contribution >= 4 is 23.1 Å². The van der Waals surface area contributed by atoms with Crippen molar-refractivity contribution in [2.45, 2.75) is 24.8 Å². The normalized spacial score (nSPS) is 14.9. The monoisotopic (exact) mass is 395 g/mol. The van der Waals surface area contributed by atoms with Crippen LogP contribution in [0.4, 0.5) is 10.5 Å². The molecule has 0 spiro atoms. The predicted molar refractivity (Wildman–Crippen MR) is 106 cm³/mol. The summed E-state index contributed by atoms with van der Waals surface area (Å²) in [6.07, 6.45) is 2.76. The Morgan fingerprint density at radius 1 is 1.21 bits per heavy atom. The van der Waals surface area contributed by atoms with Gasteiger partial charge >= 0.3 is 6.09 Å². The number of amides is 1. The van der Waals surface area contributed by atoms with Gasteiger partial charge < -0.3 is 10.4 Å². The Balaban J connectivity index is 1.74. The molecule has 3 aromatic rings. The van der Waals surface area contributed by atoms with E-state index in [0.29, 0.717) is 11.3 Å². The molecule has 2 aromatic heterocycles. The van der Waals surface area contributed by atoms with Crippen LogP contribution >= 0.6 is 11.3 Å². The van der Waals surface area contributed by atoms with E-state index in [0.717, 1.165) is 36.0 Å². The van der Waals surface area contributed by atoms with Crippen molar-refractivity contribution in [2.24, 2.45) is 0 Å². The first-order chi connectivity index (χ1) is 13.5. The Labute approximate surface area is 164 Å². The van der Waals surface area contributed by atoms with Gasteiger partial charge in [0.05, 0.1) is 16.2 Å². The van der Waals surface area contributed by atoms with Gasteiger partial charge in [0.1, 0.15) is 6.20 Å². The summed E-state index contributed by atoms with van der Waals surface area (Å²) in [5.74, 6) is 0. The molecule has 28 heavy (non-hydrogen) atoms.